The molecule has 0 bridgehead atoms. The lowest BCUT2D eigenvalue weighted by molar-refractivity contribution is 0.629. The van der Waals surface area contributed by atoms with Gasteiger partial charge in [-0.1, -0.05) is 0 Å². The topological polar surface area (TPSA) is 41.9 Å². The fourth-order valence-electron chi connectivity index (χ4n) is 1.98. The number of pyridine rings is 1. The second kappa shape index (κ2) is 4.85. The van der Waals surface area contributed by atoms with Gasteiger partial charge in [0.15, 0.2) is 0 Å². The van der Waals surface area contributed by atoms with E-state index in [9.17, 15) is 4.39 Å². The third-order valence-electron chi connectivity index (χ3n) is 3.05. The number of anilines is 1. The average Bonchev–Trinajstić information content (AvgIpc) is 2.47. The van der Waals surface area contributed by atoms with E-state index in [-0.39, 0.29) is 5.82 Å². The molecule has 100 valence electrons. The van der Waals surface area contributed by atoms with Crippen molar-refractivity contribution in [3.8, 4) is 11.3 Å². The molecule has 2 aromatic heterocycles. The number of hydrogen-bond donors (Lipinski definition) is 0. The van der Waals surface area contributed by atoms with Gasteiger partial charge in [-0.05, 0) is 18.2 Å². The van der Waals surface area contributed by atoms with Gasteiger partial charge >= 0.3 is 0 Å². The van der Waals surface area contributed by atoms with Crippen LogP contribution in [-0.2, 0) is 0 Å². The van der Waals surface area contributed by atoms with Crippen molar-refractivity contribution in [3.63, 3.8) is 0 Å². The number of fused-ring (bicyclic) bond motifs is 1. The summed E-state index contributed by atoms with van der Waals surface area (Å²) in [6, 6.07) is 8.41. The van der Waals surface area contributed by atoms with Crippen molar-refractivity contribution in [2.75, 3.05) is 19.0 Å². The van der Waals surface area contributed by atoms with Crippen molar-refractivity contribution in [1.29, 1.82) is 0 Å². The molecule has 2 heterocycles. The summed E-state index contributed by atoms with van der Waals surface area (Å²) in [4.78, 5) is 14.6. The van der Waals surface area contributed by atoms with Gasteiger partial charge < -0.3 is 4.90 Å². The summed E-state index contributed by atoms with van der Waals surface area (Å²) in [6.45, 7) is 0. The smallest absolute Gasteiger partial charge is 0.132 e. The molecule has 0 aliphatic carbocycles. The summed E-state index contributed by atoms with van der Waals surface area (Å²) in [7, 11) is 3.85. The SMILES string of the molecule is CN(C)c1cc(-c2cnc3cc(F)ccc3c2)ncn1. The molecule has 0 unspecified atom stereocenters. The maximum absolute atomic E-state index is 13.1. The summed E-state index contributed by atoms with van der Waals surface area (Å²) >= 11 is 0. The lowest BCUT2D eigenvalue weighted by Gasteiger charge is -2.11. The third kappa shape index (κ3) is 2.30. The summed E-state index contributed by atoms with van der Waals surface area (Å²) in [5.74, 6) is 0.545. The highest BCUT2D eigenvalue weighted by Crippen LogP contribution is 2.23. The van der Waals surface area contributed by atoms with Crippen molar-refractivity contribution in [1.82, 2.24) is 15.0 Å². The Labute approximate surface area is 115 Å². The predicted molar refractivity (Wildman–Crippen MR) is 77.1 cm³/mol. The number of halogens is 1. The zero-order valence-electron chi connectivity index (χ0n) is 11.2. The number of aromatic nitrogens is 3. The van der Waals surface area contributed by atoms with Crippen molar-refractivity contribution in [3.05, 3.63) is 48.7 Å². The normalized spacial score (nSPS) is 10.8. The fraction of sp³-hybridized carbons (Fsp3) is 0.133. The standard InChI is InChI=1S/C15H13FN4/c1-20(2)15-7-14(18-9-19-15)11-5-10-3-4-12(16)6-13(10)17-8-11/h3-9H,1-2H3. The molecule has 0 saturated carbocycles. The Hall–Kier alpha value is -2.56. The summed E-state index contributed by atoms with van der Waals surface area (Å²) < 4.78 is 13.1. The van der Waals surface area contributed by atoms with Gasteiger partial charge in [-0.3, -0.25) is 4.98 Å². The molecule has 0 fully saturated rings. The van der Waals surface area contributed by atoms with Crippen molar-refractivity contribution in [2.45, 2.75) is 0 Å². The van der Waals surface area contributed by atoms with Crippen LogP contribution in [0.1, 0.15) is 0 Å². The molecule has 0 radical (unpaired) electrons. The van der Waals surface area contributed by atoms with Gasteiger partial charge in [0.2, 0.25) is 0 Å². The first-order chi connectivity index (χ1) is 9.63. The molecule has 0 aliphatic heterocycles. The molecule has 0 spiro atoms. The molecular formula is C15H13FN4. The molecular weight excluding hydrogens is 255 g/mol. The number of rotatable bonds is 2. The zero-order valence-corrected chi connectivity index (χ0v) is 11.2. The van der Waals surface area contributed by atoms with E-state index in [1.54, 1.807) is 12.3 Å². The Morgan fingerprint density at radius 1 is 1.00 bits per heavy atom. The number of nitrogens with zero attached hydrogens (tertiary/aromatic N) is 4. The lowest BCUT2D eigenvalue weighted by atomic mass is 10.1. The average molecular weight is 268 g/mol. The molecule has 20 heavy (non-hydrogen) atoms. The van der Waals surface area contributed by atoms with E-state index in [1.165, 1.54) is 18.5 Å². The highest BCUT2D eigenvalue weighted by molar-refractivity contribution is 5.83. The van der Waals surface area contributed by atoms with E-state index in [4.69, 9.17) is 0 Å². The van der Waals surface area contributed by atoms with E-state index in [2.05, 4.69) is 15.0 Å². The van der Waals surface area contributed by atoms with Crippen LogP contribution in [-0.4, -0.2) is 29.0 Å². The van der Waals surface area contributed by atoms with Crippen LogP contribution in [0.4, 0.5) is 10.2 Å². The van der Waals surface area contributed by atoms with E-state index < -0.39 is 0 Å². The highest BCUT2D eigenvalue weighted by Gasteiger charge is 2.05. The molecule has 0 saturated heterocycles. The van der Waals surface area contributed by atoms with Crippen LogP contribution in [0, 0.1) is 5.82 Å². The Morgan fingerprint density at radius 2 is 1.85 bits per heavy atom. The van der Waals surface area contributed by atoms with Crippen LogP contribution in [0.3, 0.4) is 0 Å². The van der Waals surface area contributed by atoms with Crippen LogP contribution < -0.4 is 4.90 Å². The molecule has 4 nitrogen and oxygen atoms in total. The third-order valence-corrected chi connectivity index (χ3v) is 3.05. The van der Waals surface area contributed by atoms with Gasteiger partial charge in [0.1, 0.15) is 18.0 Å². The lowest BCUT2D eigenvalue weighted by Crippen LogP contribution is -2.10. The Balaban J connectivity index is 2.10. The van der Waals surface area contributed by atoms with E-state index >= 15 is 0 Å². The first-order valence-corrected chi connectivity index (χ1v) is 6.18. The molecule has 1 aromatic carbocycles. The Bertz CT molecular complexity index is 771. The van der Waals surface area contributed by atoms with Crippen molar-refractivity contribution >= 4 is 16.7 Å². The first kappa shape index (κ1) is 12.5. The van der Waals surface area contributed by atoms with Gasteiger partial charge in [-0.2, -0.15) is 0 Å². The second-order valence-electron chi connectivity index (χ2n) is 4.72. The van der Waals surface area contributed by atoms with Crippen LogP contribution in [0.5, 0.6) is 0 Å². The van der Waals surface area contributed by atoms with E-state index in [0.29, 0.717) is 5.52 Å². The van der Waals surface area contributed by atoms with Crippen LogP contribution in [0.15, 0.2) is 42.9 Å². The minimum atomic E-state index is -0.283. The zero-order chi connectivity index (χ0) is 14.1. The summed E-state index contributed by atoms with van der Waals surface area (Å²) in [5.41, 5.74) is 2.31. The first-order valence-electron chi connectivity index (χ1n) is 6.18. The molecule has 0 amide bonds. The molecule has 5 heteroatoms. The van der Waals surface area contributed by atoms with Crippen LogP contribution in [0.25, 0.3) is 22.2 Å². The second-order valence-corrected chi connectivity index (χ2v) is 4.72. The molecule has 3 aromatic rings. The predicted octanol–water partition coefficient (Wildman–Crippen LogP) is 2.90. The van der Waals surface area contributed by atoms with Gasteiger partial charge in [0.05, 0.1) is 11.2 Å². The fourth-order valence-corrected chi connectivity index (χ4v) is 1.98. The van der Waals surface area contributed by atoms with Crippen LogP contribution >= 0.6 is 0 Å². The van der Waals surface area contributed by atoms with E-state index in [1.807, 2.05) is 31.1 Å². The maximum Gasteiger partial charge on any atom is 0.132 e. The molecule has 0 N–H and O–H groups in total. The highest BCUT2D eigenvalue weighted by atomic mass is 19.1. The maximum atomic E-state index is 13.1. The minimum absolute atomic E-state index is 0.283. The number of hydrogen-bond acceptors (Lipinski definition) is 4. The van der Waals surface area contributed by atoms with E-state index in [0.717, 1.165) is 22.5 Å². The van der Waals surface area contributed by atoms with Crippen LogP contribution in [0.2, 0.25) is 0 Å². The van der Waals surface area contributed by atoms with Gasteiger partial charge in [0.25, 0.3) is 0 Å². The van der Waals surface area contributed by atoms with Crippen molar-refractivity contribution in [2.24, 2.45) is 0 Å². The molecule has 0 atom stereocenters. The molecule has 3 rings (SSSR count). The number of benzene rings is 1. The Morgan fingerprint density at radius 3 is 2.65 bits per heavy atom. The largest absolute Gasteiger partial charge is 0.363 e. The quantitative estimate of drug-likeness (QED) is 0.716. The monoisotopic (exact) mass is 268 g/mol. The van der Waals surface area contributed by atoms with Crippen molar-refractivity contribution < 1.29 is 4.39 Å². The van der Waals surface area contributed by atoms with Gasteiger partial charge in [0, 0.05) is 43.4 Å². The summed E-state index contributed by atoms with van der Waals surface area (Å²) in [5, 5.41) is 0.883. The minimum Gasteiger partial charge on any atom is -0.363 e. The molecule has 0 aliphatic rings. The van der Waals surface area contributed by atoms with Gasteiger partial charge in [-0.15, -0.1) is 0 Å². The summed E-state index contributed by atoms with van der Waals surface area (Å²) in [6.07, 6.45) is 3.23. The van der Waals surface area contributed by atoms with Gasteiger partial charge in [-0.25, -0.2) is 14.4 Å². The Kier molecular flexibility index (Phi) is 3.02.